The average Bonchev–Trinajstić information content (AvgIpc) is 2.75. The quantitative estimate of drug-likeness (QED) is 0.876. The Morgan fingerprint density at radius 3 is 2.88 bits per heavy atom. The predicted octanol–water partition coefficient (Wildman–Crippen LogP) is 2.19. The number of hydrogen-bond donors (Lipinski definition) is 1. The molecular weight excluding hydrogens is 218 g/mol. The van der Waals surface area contributed by atoms with Crippen LogP contribution in [0.5, 0.6) is 0 Å². The molecule has 16 heavy (non-hydrogen) atoms. The Morgan fingerprint density at radius 2 is 2.38 bits per heavy atom. The zero-order valence-corrected chi connectivity index (χ0v) is 11.3. The number of likely N-dealkylation sites (N-methyl/N-ethyl adjacent to an activating group) is 1. The summed E-state index contributed by atoms with van der Waals surface area (Å²) in [5.41, 5.74) is 1.13. The number of aromatic nitrogens is 1. The van der Waals surface area contributed by atoms with Crippen LogP contribution in [0.3, 0.4) is 0 Å². The first-order chi connectivity index (χ1) is 7.56. The van der Waals surface area contributed by atoms with E-state index in [1.165, 1.54) is 11.4 Å². The fraction of sp³-hybridized carbons (Fsp3) is 0.750. The van der Waals surface area contributed by atoms with Gasteiger partial charge in [0.25, 0.3) is 0 Å². The molecule has 0 aromatic carbocycles. The normalized spacial score (nSPS) is 28.5. The largest absolute Gasteiger partial charge is 0.304 e. The molecule has 1 aromatic heterocycles. The summed E-state index contributed by atoms with van der Waals surface area (Å²) in [6, 6.07) is 1.68. The summed E-state index contributed by atoms with van der Waals surface area (Å²) >= 11 is 1.76. The van der Waals surface area contributed by atoms with Crippen molar-refractivity contribution >= 4 is 11.3 Å². The second-order valence-corrected chi connectivity index (χ2v) is 5.83. The van der Waals surface area contributed by atoms with Gasteiger partial charge in [-0.3, -0.25) is 0 Å². The number of thiazole rings is 1. The molecule has 0 saturated carbocycles. The molecule has 4 heteroatoms. The zero-order chi connectivity index (χ0) is 11.7. The fourth-order valence-electron chi connectivity index (χ4n) is 2.31. The average molecular weight is 239 g/mol. The van der Waals surface area contributed by atoms with Gasteiger partial charge in [0.2, 0.25) is 0 Å². The molecule has 0 spiro atoms. The monoisotopic (exact) mass is 239 g/mol. The van der Waals surface area contributed by atoms with Crippen LogP contribution in [0.2, 0.25) is 0 Å². The van der Waals surface area contributed by atoms with E-state index in [1.54, 1.807) is 11.3 Å². The van der Waals surface area contributed by atoms with Crippen LogP contribution in [0.15, 0.2) is 5.38 Å². The van der Waals surface area contributed by atoms with Crippen LogP contribution in [0.4, 0.5) is 0 Å². The molecule has 1 aromatic rings. The van der Waals surface area contributed by atoms with Crippen molar-refractivity contribution in [1.82, 2.24) is 15.2 Å². The molecule has 0 aliphatic carbocycles. The Kier molecular flexibility index (Phi) is 3.62. The third kappa shape index (κ3) is 2.62. The molecular formula is C12H21N3S. The van der Waals surface area contributed by atoms with E-state index < -0.39 is 0 Å². The van der Waals surface area contributed by atoms with E-state index in [0.717, 1.165) is 12.2 Å². The van der Waals surface area contributed by atoms with Crippen LogP contribution >= 0.6 is 11.3 Å². The Bertz CT molecular complexity index is 340. The highest BCUT2D eigenvalue weighted by Gasteiger charge is 2.27. The first-order valence-corrected chi connectivity index (χ1v) is 6.82. The summed E-state index contributed by atoms with van der Waals surface area (Å²) in [6.45, 7) is 7.70. The summed E-state index contributed by atoms with van der Waals surface area (Å²) in [6.07, 6.45) is 1.24. The van der Waals surface area contributed by atoms with Gasteiger partial charge in [0.1, 0.15) is 5.01 Å². The van der Waals surface area contributed by atoms with Gasteiger partial charge in [0, 0.05) is 29.7 Å². The maximum absolute atomic E-state index is 4.53. The molecule has 90 valence electrons. The molecule has 1 N–H and O–H groups in total. The summed E-state index contributed by atoms with van der Waals surface area (Å²) in [5, 5.41) is 7.01. The van der Waals surface area contributed by atoms with Crippen LogP contribution in [0.25, 0.3) is 0 Å². The first-order valence-electron chi connectivity index (χ1n) is 5.94. The van der Waals surface area contributed by atoms with Crippen molar-refractivity contribution in [3.63, 3.8) is 0 Å². The Hall–Kier alpha value is -0.450. The summed E-state index contributed by atoms with van der Waals surface area (Å²) < 4.78 is 0. The highest BCUT2D eigenvalue weighted by Crippen LogP contribution is 2.21. The van der Waals surface area contributed by atoms with Gasteiger partial charge in [-0.1, -0.05) is 0 Å². The molecule has 0 radical (unpaired) electrons. The smallest absolute Gasteiger partial charge is 0.110 e. The minimum absolute atomic E-state index is 0.377. The van der Waals surface area contributed by atoms with Crippen molar-refractivity contribution in [2.75, 3.05) is 13.6 Å². The van der Waals surface area contributed by atoms with Crippen LogP contribution in [-0.4, -0.2) is 35.6 Å². The van der Waals surface area contributed by atoms with E-state index >= 15 is 0 Å². The lowest BCUT2D eigenvalue weighted by Gasteiger charge is -2.17. The SMILES string of the molecule is Cc1csc(C(C)NC2CC(C)N(C)C2)n1. The molecule has 3 nitrogen and oxygen atoms in total. The third-order valence-corrected chi connectivity index (χ3v) is 4.52. The second-order valence-electron chi connectivity index (χ2n) is 4.94. The molecule has 2 heterocycles. The fourth-order valence-corrected chi connectivity index (χ4v) is 3.12. The summed E-state index contributed by atoms with van der Waals surface area (Å²) in [7, 11) is 2.20. The van der Waals surface area contributed by atoms with Crippen LogP contribution in [0, 0.1) is 6.92 Å². The predicted molar refractivity (Wildman–Crippen MR) is 68.9 cm³/mol. The first kappa shape index (κ1) is 12.0. The highest BCUT2D eigenvalue weighted by molar-refractivity contribution is 7.09. The summed E-state index contributed by atoms with van der Waals surface area (Å²) in [4.78, 5) is 6.95. The van der Waals surface area contributed by atoms with E-state index in [1.807, 2.05) is 0 Å². The second kappa shape index (κ2) is 4.82. The molecule has 3 unspecified atom stereocenters. The van der Waals surface area contributed by atoms with Crippen LogP contribution < -0.4 is 5.32 Å². The molecule has 3 atom stereocenters. The minimum Gasteiger partial charge on any atom is -0.304 e. The number of nitrogens with zero attached hydrogens (tertiary/aromatic N) is 2. The van der Waals surface area contributed by atoms with Gasteiger partial charge in [-0.25, -0.2) is 4.98 Å². The van der Waals surface area contributed by atoms with Gasteiger partial charge in [-0.15, -0.1) is 11.3 Å². The van der Waals surface area contributed by atoms with Crippen molar-refractivity contribution in [3.05, 3.63) is 16.1 Å². The topological polar surface area (TPSA) is 28.2 Å². The third-order valence-electron chi connectivity index (χ3n) is 3.38. The number of nitrogens with one attached hydrogen (secondary N) is 1. The molecule has 0 amide bonds. The van der Waals surface area contributed by atoms with Crippen molar-refractivity contribution in [3.8, 4) is 0 Å². The Morgan fingerprint density at radius 1 is 1.62 bits per heavy atom. The maximum Gasteiger partial charge on any atom is 0.110 e. The lowest BCUT2D eigenvalue weighted by Crippen LogP contribution is -2.33. The standard InChI is InChI=1S/C12H21N3S/c1-8-7-16-12(13-8)10(3)14-11-5-9(2)15(4)6-11/h7,9-11,14H,5-6H2,1-4H3. The number of rotatable bonds is 3. The van der Waals surface area contributed by atoms with E-state index in [9.17, 15) is 0 Å². The van der Waals surface area contributed by atoms with Gasteiger partial charge in [-0.2, -0.15) is 0 Å². The van der Waals surface area contributed by atoms with Crippen LogP contribution in [0.1, 0.15) is 37.0 Å². The van der Waals surface area contributed by atoms with Crippen molar-refractivity contribution < 1.29 is 0 Å². The van der Waals surface area contributed by atoms with Crippen LogP contribution in [-0.2, 0) is 0 Å². The number of aryl methyl sites for hydroxylation is 1. The molecule has 0 bridgehead atoms. The molecule has 2 rings (SSSR count). The molecule has 1 aliphatic rings. The maximum atomic E-state index is 4.53. The lowest BCUT2D eigenvalue weighted by molar-refractivity contribution is 0.325. The number of hydrogen-bond acceptors (Lipinski definition) is 4. The Labute approximate surface area is 102 Å². The van der Waals surface area contributed by atoms with Crippen molar-refractivity contribution in [2.45, 2.75) is 45.3 Å². The Balaban J connectivity index is 1.91. The highest BCUT2D eigenvalue weighted by atomic mass is 32.1. The number of likely N-dealkylation sites (tertiary alicyclic amines) is 1. The minimum atomic E-state index is 0.377. The lowest BCUT2D eigenvalue weighted by atomic mass is 10.1. The van der Waals surface area contributed by atoms with E-state index in [-0.39, 0.29) is 0 Å². The van der Waals surface area contributed by atoms with Gasteiger partial charge in [0.15, 0.2) is 0 Å². The van der Waals surface area contributed by atoms with Gasteiger partial charge in [-0.05, 0) is 34.2 Å². The van der Waals surface area contributed by atoms with E-state index in [2.05, 4.69) is 48.4 Å². The molecule has 1 saturated heterocycles. The molecule has 1 aliphatic heterocycles. The van der Waals surface area contributed by atoms with Gasteiger partial charge in [0.05, 0.1) is 6.04 Å². The van der Waals surface area contributed by atoms with E-state index in [0.29, 0.717) is 18.1 Å². The molecule has 1 fully saturated rings. The van der Waals surface area contributed by atoms with E-state index in [4.69, 9.17) is 0 Å². The van der Waals surface area contributed by atoms with Crippen molar-refractivity contribution in [2.24, 2.45) is 0 Å². The van der Waals surface area contributed by atoms with Crippen molar-refractivity contribution in [1.29, 1.82) is 0 Å². The summed E-state index contributed by atoms with van der Waals surface area (Å²) in [5.74, 6) is 0. The van der Waals surface area contributed by atoms with Gasteiger partial charge >= 0.3 is 0 Å². The zero-order valence-electron chi connectivity index (χ0n) is 10.5. The van der Waals surface area contributed by atoms with Gasteiger partial charge < -0.3 is 10.2 Å².